The van der Waals surface area contributed by atoms with Gasteiger partial charge in [-0.2, -0.15) is 0 Å². The Kier molecular flexibility index (Phi) is 6.38. The average molecular weight is 425 g/mol. The molecule has 0 bridgehead atoms. The number of fused-ring (bicyclic) bond motifs is 1. The number of anilines is 1. The molecule has 1 aliphatic rings. The van der Waals surface area contributed by atoms with Gasteiger partial charge in [0.15, 0.2) is 5.13 Å². The lowest BCUT2D eigenvalue weighted by Gasteiger charge is -2.20. The predicted molar refractivity (Wildman–Crippen MR) is 113 cm³/mol. The highest BCUT2D eigenvalue weighted by molar-refractivity contribution is 7.89. The zero-order valence-corrected chi connectivity index (χ0v) is 18.3. The van der Waals surface area contributed by atoms with Crippen molar-refractivity contribution in [1.29, 1.82) is 0 Å². The average Bonchev–Trinajstić information content (AvgIpc) is 2.78. The van der Waals surface area contributed by atoms with Crippen molar-refractivity contribution in [3.8, 4) is 0 Å². The van der Waals surface area contributed by atoms with Crippen molar-refractivity contribution in [2.24, 2.45) is 0 Å². The minimum Gasteiger partial charge on any atom is -0.301 e. The van der Waals surface area contributed by atoms with Gasteiger partial charge in [0.25, 0.3) is 0 Å². The van der Waals surface area contributed by atoms with E-state index >= 15 is 0 Å². The van der Waals surface area contributed by atoms with Crippen molar-refractivity contribution in [1.82, 2.24) is 14.6 Å². The quantitative estimate of drug-likeness (QED) is 0.769. The first-order chi connectivity index (χ1) is 13.1. The second-order valence-electron chi connectivity index (χ2n) is 8.24. The summed E-state index contributed by atoms with van der Waals surface area (Å²) in [5.41, 5.74) is 0.110. The smallest absolute Gasteiger partial charge is 0.241 e. The van der Waals surface area contributed by atoms with Crippen molar-refractivity contribution >= 4 is 42.6 Å². The number of amides is 1. The Morgan fingerprint density at radius 1 is 1.18 bits per heavy atom. The maximum absolute atomic E-state index is 12.5. The van der Waals surface area contributed by atoms with Gasteiger partial charge in [0, 0.05) is 5.54 Å². The zero-order chi connectivity index (χ0) is 20.4. The molecule has 28 heavy (non-hydrogen) atoms. The number of hydrogen-bond acceptors (Lipinski definition) is 6. The van der Waals surface area contributed by atoms with Gasteiger partial charge in [-0.1, -0.05) is 24.2 Å². The first-order valence-corrected chi connectivity index (χ1v) is 11.9. The van der Waals surface area contributed by atoms with Gasteiger partial charge in [0.1, 0.15) is 0 Å². The van der Waals surface area contributed by atoms with Crippen molar-refractivity contribution in [2.75, 3.05) is 25.0 Å². The summed E-state index contributed by atoms with van der Waals surface area (Å²) in [5, 5.41) is 3.35. The molecule has 1 aromatic carbocycles. The third-order valence-electron chi connectivity index (χ3n) is 4.42. The van der Waals surface area contributed by atoms with E-state index in [0.29, 0.717) is 17.2 Å². The number of carbonyl (C=O) groups is 1. The molecule has 1 aromatic heterocycles. The molecule has 0 unspecified atom stereocenters. The van der Waals surface area contributed by atoms with Crippen LogP contribution < -0.4 is 10.0 Å². The van der Waals surface area contributed by atoms with E-state index in [0.717, 1.165) is 30.6 Å². The third-order valence-corrected chi connectivity index (χ3v) is 7.11. The highest BCUT2D eigenvalue weighted by Crippen LogP contribution is 2.28. The van der Waals surface area contributed by atoms with Crippen LogP contribution >= 0.6 is 11.3 Å². The Balaban J connectivity index is 1.71. The van der Waals surface area contributed by atoms with Crippen LogP contribution in [0.25, 0.3) is 10.2 Å². The molecule has 0 aliphatic carbocycles. The van der Waals surface area contributed by atoms with Gasteiger partial charge in [-0.3, -0.25) is 9.69 Å². The zero-order valence-electron chi connectivity index (χ0n) is 16.6. The molecule has 0 radical (unpaired) electrons. The van der Waals surface area contributed by atoms with E-state index < -0.39 is 15.6 Å². The summed E-state index contributed by atoms with van der Waals surface area (Å²) in [6.07, 6.45) is 4.72. The second kappa shape index (κ2) is 8.44. The summed E-state index contributed by atoms with van der Waals surface area (Å²) in [6, 6.07) is 4.82. The van der Waals surface area contributed by atoms with E-state index in [1.165, 1.54) is 24.2 Å². The molecule has 7 nitrogen and oxygen atoms in total. The summed E-state index contributed by atoms with van der Waals surface area (Å²) in [6.45, 7) is 7.67. The Labute approximate surface area is 170 Å². The monoisotopic (exact) mass is 424 g/mol. The van der Waals surface area contributed by atoms with E-state index in [1.54, 1.807) is 39.0 Å². The maximum atomic E-state index is 12.5. The molecule has 1 aliphatic heterocycles. The summed E-state index contributed by atoms with van der Waals surface area (Å²) in [4.78, 5) is 19.1. The SMILES string of the molecule is CC(C)(C)NS(=O)(=O)c1ccc2nc(NC(=O)CN3CCCCCC3)sc2c1. The fraction of sp³-hybridized carbons (Fsp3) is 0.579. The molecule has 9 heteroatoms. The van der Waals surface area contributed by atoms with Crippen LogP contribution in [0.4, 0.5) is 5.13 Å². The van der Waals surface area contributed by atoms with E-state index in [9.17, 15) is 13.2 Å². The number of thiazole rings is 1. The normalized spacial score (nSPS) is 16.8. The van der Waals surface area contributed by atoms with Crippen LogP contribution in [0, 0.1) is 0 Å². The molecule has 3 rings (SSSR count). The van der Waals surface area contributed by atoms with Gasteiger partial charge in [0.2, 0.25) is 15.9 Å². The number of nitrogens with zero attached hydrogens (tertiary/aromatic N) is 2. The Morgan fingerprint density at radius 3 is 2.50 bits per heavy atom. The molecule has 2 heterocycles. The molecule has 154 valence electrons. The largest absolute Gasteiger partial charge is 0.301 e. The van der Waals surface area contributed by atoms with E-state index in [-0.39, 0.29) is 10.8 Å². The van der Waals surface area contributed by atoms with Crippen LogP contribution in [-0.4, -0.2) is 49.4 Å². The standard InChI is InChI=1S/C19H28N4O3S2/c1-19(2,3)22-28(25,26)14-8-9-15-16(12-14)27-18(20-15)21-17(24)13-23-10-6-4-5-7-11-23/h8-9,12,22H,4-7,10-11,13H2,1-3H3,(H,20,21,24). The van der Waals surface area contributed by atoms with Crippen molar-refractivity contribution in [3.05, 3.63) is 18.2 Å². The number of benzene rings is 1. The molecule has 0 spiro atoms. The summed E-state index contributed by atoms with van der Waals surface area (Å²) >= 11 is 1.29. The van der Waals surface area contributed by atoms with E-state index in [1.807, 2.05) is 0 Å². The molecular formula is C19H28N4O3S2. The number of hydrogen-bond donors (Lipinski definition) is 2. The van der Waals surface area contributed by atoms with Crippen LogP contribution in [0.5, 0.6) is 0 Å². The lowest BCUT2D eigenvalue weighted by atomic mass is 10.1. The van der Waals surface area contributed by atoms with Crippen molar-refractivity contribution in [2.45, 2.75) is 56.9 Å². The van der Waals surface area contributed by atoms with Crippen LogP contribution in [0.1, 0.15) is 46.5 Å². The molecule has 1 saturated heterocycles. The molecule has 0 saturated carbocycles. The number of carbonyl (C=O) groups excluding carboxylic acids is 1. The van der Waals surface area contributed by atoms with Gasteiger partial charge in [-0.05, 0) is 64.9 Å². The first kappa shape index (κ1) is 21.2. The fourth-order valence-electron chi connectivity index (χ4n) is 3.24. The minimum atomic E-state index is -3.61. The van der Waals surface area contributed by atoms with E-state index in [4.69, 9.17) is 0 Å². The van der Waals surface area contributed by atoms with Crippen LogP contribution in [-0.2, 0) is 14.8 Å². The highest BCUT2D eigenvalue weighted by Gasteiger charge is 2.23. The lowest BCUT2D eigenvalue weighted by molar-refractivity contribution is -0.117. The first-order valence-electron chi connectivity index (χ1n) is 9.59. The highest BCUT2D eigenvalue weighted by atomic mass is 32.2. The molecular weight excluding hydrogens is 396 g/mol. The Bertz CT molecular complexity index is 940. The molecule has 2 N–H and O–H groups in total. The fourth-order valence-corrected chi connectivity index (χ4v) is 5.68. The van der Waals surface area contributed by atoms with Gasteiger partial charge >= 0.3 is 0 Å². The molecule has 0 atom stereocenters. The molecule has 2 aromatic rings. The van der Waals surface area contributed by atoms with Crippen LogP contribution in [0.2, 0.25) is 0 Å². The Morgan fingerprint density at radius 2 is 1.86 bits per heavy atom. The maximum Gasteiger partial charge on any atom is 0.241 e. The van der Waals surface area contributed by atoms with Gasteiger partial charge in [-0.15, -0.1) is 0 Å². The summed E-state index contributed by atoms with van der Waals surface area (Å²) in [5.74, 6) is -0.0804. The van der Waals surface area contributed by atoms with Crippen molar-refractivity contribution < 1.29 is 13.2 Å². The number of likely N-dealkylation sites (tertiary alicyclic amines) is 1. The van der Waals surface area contributed by atoms with Gasteiger partial charge in [-0.25, -0.2) is 18.1 Å². The number of nitrogens with one attached hydrogen (secondary N) is 2. The van der Waals surface area contributed by atoms with Crippen LogP contribution in [0.3, 0.4) is 0 Å². The third kappa shape index (κ3) is 5.73. The van der Waals surface area contributed by atoms with Gasteiger partial charge < -0.3 is 5.32 Å². The topological polar surface area (TPSA) is 91.4 Å². The van der Waals surface area contributed by atoms with Gasteiger partial charge in [0.05, 0.1) is 21.7 Å². The van der Waals surface area contributed by atoms with E-state index in [2.05, 4.69) is 19.9 Å². The van der Waals surface area contributed by atoms with Crippen molar-refractivity contribution in [3.63, 3.8) is 0 Å². The number of rotatable bonds is 5. The summed E-state index contributed by atoms with van der Waals surface area (Å²) < 4.78 is 28.4. The minimum absolute atomic E-state index is 0.0804. The predicted octanol–water partition coefficient (Wildman–Crippen LogP) is 3.19. The second-order valence-corrected chi connectivity index (χ2v) is 11.0. The summed E-state index contributed by atoms with van der Waals surface area (Å²) in [7, 11) is -3.61. The Hall–Kier alpha value is -1.55. The molecule has 1 fully saturated rings. The number of sulfonamides is 1. The van der Waals surface area contributed by atoms with Crippen LogP contribution in [0.15, 0.2) is 23.1 Å². The molecule has 1 amide bonds. The number of aromatic nitrogens is 1. The lowest BCUT2D eigenvalue weighted by Crippen LogP contribution is -2.40.